The van der Waals surface area contributed by atoms with E-state index in [1.165, 1.54) is 6.20 Å². The van der Waals surface area contributed by atoms with Crippen LogP contribution >= 0.6 is 0 Å². The van der Waals surface area contributed by atoms with Crippen LogP contribution in [0.1, 0.15) is 21.6 Å². The molecule has 0 unspecified atom stereocenters. The Labute approximate surface area is 202 Å². The number of anilines is 3. The number of likely N-dealkylation sites (N-methyl/N-ethyl adjacent to an activating group) is 1. The topological polar surface area (TPSA) is 144 Å². The largest absolute Gasteiger partial charge is 0.378 e. The lowest BCUT2D eigenvalue weighted by molar-refractivity contribution is -0.136. The van der Waals surface area contributed by atoms with Gasteiger partial charge in [-0.2, -0.15) is 5.26 Å². The third kappa shape index (κ3) is 5.53. The second-order valence-corrected chi connectivity index (χ2v) is 8.45. The van der Waals surface area contributed by atoms with Gasteiger partial charge in [0.1, 0.15) is 23.4 Å². The van der Waals surface area contributed by atoms with Gasteiger partial charge in [-0.05, 0) is 13.1 Å². The molecule has 4 rings (SSSR count). The molecule has 2 fully saturated rings. The molecular weight excluding hydrogens is 452 g/mol. The van der Waals surface area contributed by atoms with Crippen molar-refractivity contribution in [2.75, 3.05) is 62.4 Å². The molecule has 0 atom stereocenters. The average Bonchev–Trinajstić information content (AvgIpc) is 2.81. The number of urea groups is 1. The molecule has 35 heavy (non-hydrogen) atoms. The third-order valence-corrected chi connectivity index (χ3v) is 6.00. The summed E-state index contributed by atoms with van der Waals surface area (Å²) in [6, 6.07) is 6.38. The van der Waals surface area contributed by atoms with Crippen LogP contribution in [-0.4, -0.2) is 91.0 Å². The molecule has 0 aliphatic carbocycles. The van der Waals surface area contributed by atoms with E-state index in [2.05, 4.69) is 26.7 Å². The van der Waals surface area contributed by atoms with Crippen molar-refractivity contribution in [1.29, 1.82) is 5.26 Å². The number of carbonyl (C=O) groups is 3. The maximum absolute atomic E-state index is 12.5. The quantitative estimate of drug-likeness (QED) is 0.555. The summed E-state index contributed by atoms with van der Waals surface area (Å²) < 4.78 is 5.28. The molecular formula is C23H26N8O4. The Morgan fingerprint density at radius 1 is 1.29 bits per heavy atom. The first kappa shape index (κ1) is 24.1. The van der Waals surface area contributed by atoms with Crippen molar-refractivity contribution in [1.82, 2.24) is 19.8 Å². The monoisotopic (exact) mass is 478 g/mol. The summed E-state index contributed by atoms with van der Waals surface area (Å²) in [6.45, 7) is 3.22. The number of ether oxygens (including phenoxy) is 1. The highest BCUT2D eigenvalue weighted by molar-refractivity contribution is 5.99. The van der Waals surface area contributed by atoms with Gasteiger partial charge in [-0.15, -0.1) is 0 Å². The predicted molar refractivity (Wildman–Crippen MR) is 127 cm³/mol. The molecule has 0 saturated carbocycles. The lowest BCUT2D eigenvalue weighted by Gasteiger charge is -2.40. The van der Waals surface area contributed by atoms with E-state index >= 15 is 0 Å². The minimum atomic E-state index is -0.599. The Kier molecular flexibility index (Phi) is 7.19. The molecule has 0 radical (unpaired) electrons. The molecule has 0 spiro atoms. The number of pyridine rings is 2. The molecule has 2 aromatic heterocycles. The smallest absolute Gasteiger partial charge is 0.326 e. The molecule has 0 aromatic carbocycles. The Bertz CT molecular complexity index is 1170. The third-order valence-electron chi connectivity index (χ3n) is 6.00. The number of carbonyl (C=O) groups excluding carboxylic acids is 3. The molecule has 2 aromatic rings. The number of nitrogens with zero attached hydrogens (tertiary/aromatic N) is 6. The van der Waals surface area contributed by atoms with E-state index in [4.69, 9.17) is 4.74 Å². The van der Waals surface area contributed by atoms with Crippen molar-refractivity contribution >= 4 is 35.5 Å². The Morgan fingerprint density at radius 2 is 2.06 bits per heavy atom. The van der Waals surface area contributed by atoms with Crippen LogP contribution < -0.4 is 15.5 Å². The number of amides is 3. The van der Waals surface area contributed by atoms with Crippen LogP contribution in [0.2, 0.25) is 0 Å². The fourth-order valence-electron chi connectivity index (χ4n) is 3.92. The van der Waals surface area contributed by atoms with Gasteiger partial charge in [0, 0.05) is 57.7 Å². The van der Waals surface area contributed by atoms with Crippen molar-refractivity contribution in [3.8, 4) is 6.07 Å². The summed E-state index contributed by atoms with van der Waals surface area (Å²) >= 11 is 0. The Hall–Kier alpha value is -4.08. The van der Waals surface area contributed by atoms with Gasteiger partial charge in [-0.25, -0.2) is 14.8 Å². The van der Waals surface area contributed by atoms with Gasteiger partial charge < -0.3 is 14.5 Å². The van der Waals surface area contributed by atoms with Crippen molar-refractivity contribution in [2.24, 2.45) is 0 Å². The number of piperazine rings is 1. The van der Waals surface area contributed by atoms with Crippen LogP contribution in [0.15, 0.2) is 24.4 Å². The first-order valence-electron chi connectivity index (χ1n) is 11.1. The zero-order valence-corrected chi connectivity index (χ0v) is 19.5. The molecule has 3 amide bonds. The number of nitriles is 1. The molecule has 12 nitrogen and oxygen atoms in total. The van der Waals surface area contributed by atoms with Crippen LogP contribution in [0.25, 0.3) is 0 Å². The average molecular weight is 479 g/mol. The molecule has 2 aliphatic heterocycles. The van der Waals surface area contributed by atoms with Gasteiger partial charge >= 0.3 is 6.03 Å². The number of aromatic nitrogens is 2. The summed E-state index contributed by atoms with van der Waals surface area (Å²) in [5, 5.41) is 14.6. The second-order valence-electron chi connectivity index (χ2n) is 8.45. The minimum absolute atomic E-state index is 0.0116. The maximum atomic E-state index is 12.5. The first-order valence-corrected chi connectivity index (χ1v) is 11.1. The van der Waals surface area contributed by atoms with E-state index in [9.17, 15) is 19.6 Å². The summed E-state index contributed by atoms with van der Waals surface area (Å²) in [4.78, 5) is 50.3. The number of rotatable bonds is 7. The van der Waals surface area contributed by atoms with E-state index in [-0.39, 0.29) is 35.9 Å². The van der Waals surface area contributed by atoms with Gasteiger partial charge in [0.05, 0.1) is 23.9 Å². The normalized spacial score (nSPS) is 16.4. The van der Waals surface area contributed by atoms with Crippen LogP contribution in [0.5, 0.6) is 0 Å². The summed E-state index contributed by atoms with van der Waals surface area (Å²) in [5.41, 5.74) is 1.82. The van der Waals surface area contributed by atoms with Crippen LogP contribution in [0.3, 0.4) is 0 Å². The zero-order valence-electron chi connectivity index (χ0n) is 19.5. The van der Waals surface area contributed by atoms with E-state index in [1.807, 2.05) is 16.8 Å². The molecule has 2 saturated heterocycles. The number of hydrogen-bond donors (Lipinski definition) is 2. The molecule has 2 aliphatic rings. The van der Waals surface area contributed by atoms with Crippen molar-refractivity contribution in [3.63, 3.8) is 0 Å². The summed E-state index contributed by atoms with van der Waals surface area (Å²) in [5.74, 6) is 0.429. The van der Waals surface area contributed by atoms with Crippen molar-refractivity contribution in [3.05, 3.63) is 41.2 Å². The number of aldehydes is 1. The van der Waals surface area contributed by atoms with Gasteiger partial charge in [0.25, 0.3) is 0 Å². The number of nitrogens with one attached hydrogen (secondary N) is 2. The molecule has 4 heterocycles. The predicted octanol–water partition coefficient (Wildman–Crippen LogP) is 0.914. The summed E-state index contributed by atoms with van der Waals surface area (Å²) in [6.07, 6.45) is 2.11. The van der Waals surface area contributed by atoms with Crippen LogP contribution in [0, 0.1) is 11.3 Å². The fourth-order valence-corrected chi connectivity index (χ4v) is 3.92. The van der Waals surface area contributed by atoms with Gasteiger partial charge in [-0.1, -0.05) is 6.07 Å². The van der Waals surface area contributed by atoms with E-state index in [1.54, 1.807) is 30.2 Å². The Morgan fingerprint density at radius 3 is 2.74 bits per heavy atom. The maximum Gasteiger partial charge on any atom is 0.326 e. The lowest BCUT2D eigenvalue weighted by Crippen LogP contribution is -2.52. The zero-order chi connectivity index (χ0) is 24.9. The van der Waals surface area contributed by atoms with Gasteiger partial charge in [0.15, 0.2) is 6.29 Å². The van der Waals surface area contributed by atoms with E-state index in [0.29, 0.717) is 49.3 Å². The van der Waals surface area contributed by atoms with Crippen LogP contribution in [0.4, 0.5) is 22.1 Å². The molecule has 182 valence electrons. The number of hydrogen-bond acceptors (Lipinski definition) is 9. The van der Waals surface area contributed by atoms with Crippen molar-refractivity contribution in [2.45, 2.75) is 12.6 Å². The van der Waals surface area contributed by atoms with E-state index < -0.39 is 6.03 Å². The highest BCUT2D eigenvalue weighted by atomic mass is 16.5. The molecule has 2 N–H and O–H groups in total. The highest BCUT2D eigenvalue weighted by Crippen LogP contribution is 2.27. The SMILES string of the molecule is COC1CN(c2cc(NC(=O)Nc3ccc(CN4CCN(C)CC4=O)c(C=O)n3)ncc2C#N)C1. The minimum Gasteiger partial charge on any atom is -0.378 e. The summed E-state index contributed by atoms with van der Waals surface area (Å²) in [7, 11) is 3.52. The molecule has 0 bridgehead atoms. The first-order chi connectivity index (χ1) is 16.9. The van der Waals surface area contributed by atoms with E-state index in [0.717, 1.165) is 6.54 Å². The number of methoxy groups -OCH3 is 1. The fraction of sp³-hybridized carbons (Fsp3) is 0.391. The standard InChI is InChI=1S/C23H26N8O4/c1-29-5-6-30(22(33)13-29)10-15-3-4-20(26-18(15)14-32)27-23(34)28-21-7-19(16(8-24)9-25-21)31-11-17(12-31)35-2/h3-4,7,9,14,17H,5-6,10-13H2,1-2H3,(H2,25,26,27,28,34). The highest BCUT2D eigenvalue weighted by Gasteiger charge is 2.29. The Balaban J connectivity index is 1.40. The second kappa shape index (κ2) is 10.5. The van der Waals surface area contributed by atoms with Crippen LogP contribution in [-0.2, 0) is 16.1 Å². The lowest BCUT2D eigenvalue weighted by atomic mass is 10.1. The molecule has 12 heteroatoms. The van der Waals surface area contributed by atoms with Gasteiger partial charge in [-0.3, -0.25) is 25.1 Å². The van der Waals surface area contributed by atoms with Crippen molar-refractivity contribution < 1.29 is 19.1 Å². The van der Waals surface area contributed by atoms with Gasteiger partial charge in [0.2, 0.25) is 5.91 Å².